The van der Waals surface area contributed by atoms with E-state index in [1.54, 1.807) is 35.2 Å². The molecule has 3 heterocycles. The summed E-state index contributed by atoms with van der Waals surface area (Å²) in [6.07, 6.45) is -0.707. The minimum atomic E-state index is -3.97. The van der Waals surface area contributed by atoms with Gasteiger partial charge >= 0.3 is 16.3 Å². The summed E-state index contributed by atoms with van der Waals surface area (Å²) in [5.41, 5.74) is 1.64. The number of alkyl halides is 2. The fourth-order valence-electron chi connectivity index (χ4n) is 4.77. The Hall–Kier alpha value is -3.66. The van der Waals surface area contributed by atoms with Crippen LogP contribution in [0.1, 0.15) is 32.8 Å². The maximum atomic E-state index is 13.5. The lowest BCUT2D eigenvalue weighted by Crippen LogP contribution is -2.50. The predicted octanol–water partition coefficient (Wildman–Crippen LogP) is 3.83. The molecule has 0 bridgehead atoms. The third-order valence-corrected chi connectivity index (χ3v) is 8.86. The van der Waals surface area contributed by atoms with Crippen LogP contribution in [0.15, 0.2) is 30.3 Å². The molecule has 1 atom stereocenters. The summed E-state index contributed by atoms with van der Waals surface area (Å²) in [4.78, 5) is 20.7. The number of benzene rings is 1. The van der Waals surface area contributed by atoms with Crippen LogP contribution < -0.4 is 13.5 Å². The number of carbonyl (C=O) groups excluding carboxylic acids is 1. The van der Waals surface area contributed by atoms with Gasteiger partial charge in [0.15, 0.2) is 0 Å². The Morgan fingerprint density at radius 2 is 1.82 bits per heavy atom. The molecule has 5 rings (SSSR count). The normalized spacial score (nSPS) is 21.4. The summed E-state index contributed by atoms with van der Waals surface area (Å²) in [5.74, 6) is -3.36. The SMILES string of the molecule is CN1c2cc(-c3ccc(C#N)c(N4CCN(C(=O)OC(C)(C)C)CC4)n3)ccc2N(CC2CC2(F)F)S1(=O)=O. The topological polar surface area (TPSA) is 110 Å². The number of amides is 1. The van der Waals surface area contributed by atoms with E-state index >= 15 is 0 Å². The first-order chi connectivity index (χ1) is 18.2. The molecule has 1 saturated heterocycles. The minimum Gasteiger partial charge on any atom is -0.444 e. The molecule has 0 radical (unpaired) electrons. The Balaban J connectivity index is 1.38. The standard InChI is InChI=1S/C26H30F2N6O4S/c1-25(2,3)38-24(35)33-11-9-32(10-12-33)23-18(15-29)5-7-20(30-23)17-6-8-21-22(13-17)31(4)39(36,37)34(21)16-19-14-26(19,27)28/h5-8,13,19H,9-12,14,16H2,1-4H3. The van der Waals surface area contributed by atoms with Crippen molar-refractivity contribution in [3.63, 3.8) is 0 Å². The summed E-state index contributed by atoms with van der Waals surface area (Å²) in [5, 5.41) is 9.71. The summed E-state index contributed by atoms with van der Waals surface area (Å²) < 4.78 is 60.6. The van der Waals surface area contributed by atoms with E-state index in [-0.39, 0.29) is 19.1 Å². The number of ether oxygens (including phenoxy) is 1. The van der Waals surface area contributed by atoms with E-state index in [2.05, 4.69) is 6.07 Å². The molecule has 2 aliphatic heterocycles. The Kier molecular flexibility index (Phi) is 6.37. The average Bonchev–Trinajstić information content (AvgIpc) is 3.44. The van der Waals surface area contributed by atoms with E-state index in [1.165, 1.54) is 7.05 Å². The first-order valence-corrected chi connectivity index (χ1v) is 14.0. The molecule has 3 aliphatic rings. The van der Waals surface area contributed by atoms with Crippen molar-refractivity contribution in [2.75, 3.05) is 53.3 Å². The monoisotopic (exact) mass is 560 g/mol. The molecule has 1 saturated carbocycles. The summed E-state index contributed by atoms with van der Waals surface area (Å²) in [6.45, 7) is 6.88. The van der Waals surface area contributed by atoms with Gasteiger partial charge in [-0.3, -0.25) is 8.61 Å². The van der Waals surface area contributed by atoms with Crippen molar-refractivity contribution in [3.05, 3.63) is 35.9 Å². The lowest BCUT2D eigenvalue weighted by molar-refractivity contribution is 0.0240. The molecule has 1 unspecified atom stereocenters. The smallest absolute Gasteiger partial charge is 0.410 e. The Bertz CT molecular complexity index is 1460. The molecule has 0 spiro atoms. The number of nitriles is 1. The fraction of sp³-hybridized carbons (Fsp3) is 0.500. The predicted molar refractivity (Wildman–Crippen MR) is 142 cm³/mol. The maximum Gasteiger partial charge on any atom is 0.410 e. The van der Waals surface area contributed by atoms with Gasteiger partial charge in [-0.15, -0.1) is 0 Å². The third-order valence-electron chi connectivity index (χ3n) is 7.07. The zero-order valence-electron chi connectivity index (χ0n) is 22.2. The molecule has 39 heavy (non-hydrogen) atoms. The number of aromatic nitrogens is 1. The molecular weight excluding hydrogens is 530 g/mol. The van der Waals surface area contributed by atoms with Gasteiger partial charge in [-0.25, -0.2) is 18.6 Å². The Morgan fingerprint density at radius 3 is 2.41 bits per heavy atom. The zero-order valence-corrected chi connectivity index (χ0v) is 23.0. The van der Waals surface area contributed by atoms with Crippen molar-refractivity contribution in [1.82, 2.24) is 9.88 Å². The number of hydrogen-bond acceptors (Lipinski definition) is 7. The van der Waals surface area contributed by atoms with Gasteiger partial charge in [-0.05, 0) is 45.0 Å². The van der Waals surface area contributed by atoms with E-state index in [0.29, 0.717) is 60.2 Å². The molecule has 1 amide bonds. The average molecular weight is 561 g/mol. The number of anilines is 3. The largest absolute Gasteiger partial charge is 0.444 e. The molecule has 10 nitrogen and oxygen atoms in total. The Morgan fingerprint density at radius 1 is 1.15 bits per heavy atom. The zero-order chi connectivity index (χ0) is 28.3. The second kappa shape index (κ2) is 9.22. The number of piperazine rings is 1. The number of halogens is 2. The highest BCUT2D eigenvalue weighted by Gasteiger charge is 2.59. The van der Waals surface area contributed by atoms with Gasteiger partial charge in [0, 0.05) is 57.7 Å². The van der Waals surface area contributed by atoms with Crippen molar-refractivity contribution in [1.29, 1.82) is 5.26 Å². The minimum absolute atomic E-state index is 0.277. The van der Waals surface area contributed by atoms with E-state index in [0.717, 1.165) is 8.61 Å². The number of fused-ring (bicyclic) bond motifs is 1. The highest BCUT2D eigenvalue weighted by atomic mass is 32.2. The van der Waals surface area contributed by atoms with Gasteiger partial charge in [0.2, 0.25) is 0 Å². The summed E-state index contributed by atoms with van der Waals surface area (Å²) in [7, 11) is -2.58. The van der Waals surface area contributed by atoms with E-state index in [9.17, 15) is 27.3 Å². The van der Waals surface area contributed by atoms with Crippen LogP contribution in [0.25, 0.3) is 11.3 Å². The van der Waals surface area contributed by atoms with Gasteiger partial charge in [0.25, 0.3) is 5.92 Å². The third kappa shape index (κ3) is 5.05. The van der Waals surface area contributed by atoms with Crippen molar-refractivity contribution < 1.29 is 26.7 Å². The maximum absolute atomic E-state index is 13.5. The fourth-order valence-corrected chi connectivity index (χ4v) is 6.23. The van der Waals surface area contributed by atoms with Gasteiger partial charge in [-0.2, -0.15) is 13.7 Å². The van der Waals surface area contributed by atoms with Crippen molar-refractivity contribution in [2.45, 2.75) is 38.7 Å². The van der Waals surface area contributed by atoms with Crippen LogP contribution in [0.2, 0.25) is 0 Å². The van der Waals surface area contributed by atoms with Crippen molar-refractivity contribution in [3.8, 4) is 17.3 Å². The molecule has 2 fully saturated rings. The lowest BCUT2D eigenvalue weighted by Gasteiger charge is -2.36. The number of hydrogen-bond donors (Lipinski definition) is 0. The number of carbonyl (C=O) groups is 1. The molecule has 1 aromatic carbocycles. The van der Waals surface area contributed by atoms with Gasteiger partial charge in [0.05, 0.1) is 22.6 Å². The molecule has 2 aromatic rings. The second-order valence-corrected chi connectivity index (χ2v) is 12.9. The lowest BCUT2D eigenvalue weighted by atomic mass is 10.1. The molecule has 208 valence electrons. The summed E-state index contributed by atoms with van der Waals surface area (Å²) in [6, 6.07) is 10.5. The number of pyridine rings is 1. The van der Waals surface area contributed by atoms with E-state index < -0.39 is 27.7 Å². The quantitative estimate of drug-likeness (QED) is 0.559. The number of nitrogens with zero attached hydrogens (tertiary/aromatic N) is 6. The van der Waals surface area contributed by atoms with Crippen LogP contribution in [-0.2, 0) is 14.9 Å². The van der Waals surface area contributed by atoms with Crippen LogP contribution in [0.3, 0.4) is 0 Å². The second-order valence-electron chi connectivity index (χ2n) is 11.0. The highest BCUT2D eigenvalue weighted by molar-refractivity contribution is 7.94. The van der Waals surface area contributed by atoms with Crippen LogP contribution in [0, 0.1) is 17.2 Å². The molecule has 1 aliphatic carbocycles. The van der Waals surface area contributed by atoms with E-state index in [1.807, 2.05) is 25.7 Å². The van der Waals surface area contributed by atoms with Crippen molar-refractivity contribution >= 4 is 33.5 Å². The van der Waals surface area contributed by atoms with Gasteiger partial charge < -0.3 is 14.5 Å². The van der Waals surface area contributed by atoms with Crippen LogP contribution in [0.4, 0.5) is 30.8 Å². The van der Waals surface area contributed by atoms with Crippen LogP contribution in [-0.4, -0.2) is 75.7 Å². The van der Waals surface area contributed by atoms with Gasteiger partial charge in [0.1, 0.15) is 17.5 Å². The van der Waals surface area contributed by atoms with Crippen molar-refractivity contribution in [2.24, 2.45) is 5.92 Å². The summed E-state index contributed by atoms with van der Waals surface area (Å²) >= 11 is 0. The van der Waals surface area contributed by atoms with E-state index in [4.69, 9.17) is 9.72 Å². The van der Waals surface area contributed by atoms with Crippen LogP contribution >= 0.6 is 0 Å². The Labute approximate surface area is 226 Å². The molecule has 1 aromatic heterocycles. The molecular formula is C26H30F2N6O4S. The first kappa shape index (κ1) is 26.9. The molecule has 0 N–H and O–H groups in total. The first-order valence-electron chi connectivity index (χ1n) is 12.6. The van der Waals surface area contributed by atoms with Crippen LogP contribution in [0.5, 0.6) is 0 Å². The number of rotatable bonds is 4. The highest BCUT2D eigenvalue weighted by Crippen LogP contribution is 2.51. The molecule has 13 heteroatoms. The van der Waals surface area contributed by atoms with Gasteiger partial charge in [-0.1, -0.05) is 6.07 Å².